The van der Waals surface area contributed by atoms with Gasteiger partial charge in [-0.15, -0.1) is 0 Å². The Kier molecular flexibility index (Phi) is 8.28. The molecule has 1 spiro atoms. The number of fused-ring (bicyclic) bond motifs is 21. The second-order valence-corrected chi connectivity index (χ2v) is 18.6. The summed E-state index contributed by atoms with van der Waals surface area (Å²) in [6.45, 7) is 0. The van der Waals surface area contributed by atoms with Crippen LogP contribution in [0.1, 0.15) is 22.3 Å². The fourth-order valence-corrected chi connectivity index (χ4v) is 12.3. The van der Waals surface area contributed by atoms with Gasteiger partial charge in [0, 0.05) is 38.7 Å². The number of furan rings is 1. The minimum Gasteiger partial charge on any atom is -0.455 e. The summed E-state index contributed by atoms with van der Waals surface area (Å²) in [5, 5.41) is 2.24. The van der Waals surface area contributed by atoms with Gasteiger partial charge in [-0.05, 0) is 103 Å². The molecule has 0 N–H and O–H groups in total. The normalized spacial score (nSPS) is 14.5. The highest BCUT2D eigenvalue weighted by Crippen LogP contribution is 2.64. The molecule has 12 aromatic rings. The molecule has 0 bridgehead atoms. The Balaban J connectivity index is 1.08. The molecule has 3 heteroatoms. The number of hydrogen-bond donors (Lipinski definition) is 0. The summed E-state index contributed by atoms with van der Waals surface area (Å²) < 4.78 is 14.3. The first-order chi connectivity index (χ1) is 34.8. The van der Waals surface area contributed by atoms with Crippen LogP contribution < -0.4 is 9.64 Å². The molecule has 1 unspecified atom stereocenters. The van der Waals surface area contributed by atoms with E-state index in [0.717, 1.165) is 89.4 Å². The van der Waals surface area contributed by atoms with Crippen molar-refractivity contribution in [2.75, 3.05) is 4.90 Å². The lowest BCUT2D eigenvalue weighted by atomic mass is 9.65. The monoisotopic (exact) mass is 891 g/mol. The minimum absolute atomic E-state index is 0.757. The number of rotatable bonds is 4. The summed E-state index contributed by atoms with van der Waals surface area (Å²) in [5.41, 5.74) is 22.7. The smallest absolute Gasteiger partial charge is 0.159 e. The van der Waals surface area contributed by atoms with Crippen molar-refractivity contribution >= 4 is 39.0 Å². The Morgan fingerprint density at radius 3 is 1.67 bits per heavy atom. The summed E-state index contributed by atoms with van der Waals surface area (Å²) in [7, 11) is 0. The predicted octanol–water partition coefficient (Wildman–Crippen LogP) is 18.2. The Morgan fingerprint density at radius 2 is 0.886 bits per heavy atom. The minimum atomic E-state index is -0.757. The van der Waals surface area contributed by atoms with Gasteiger partial charge < -0.3 is 14.1 Å². The van der Waals surface area contributed by atoms with Crippen LogP contribution in [0.2, 0.25) is 0 Å². The van der Waals surface area contributed by atoms with Crippen LogP contribution in [0.3, 0.4) is 0 Å². The molecule has 0 fully saturated rings. The molecule has 11 aromatic carbocycles. The Morgan fingerprint density at radius 1 is 0.329 bits per heavy atom. The van der Waals surface area contributed by atoms with E-state index in [4.69, 9.17) is 9.15 Å². The molecule has 15 rings (SSSR count). The van der Waals surface area contributed by atoms with E-state index in [1.54, 1.807) is 0 Å². The SMILES string of the molecule is c1ccc(-c2ccccc2N(c2ccc3c(c2)C2(c4ccccc4-c4ccccc4-3)c3ccccc3-c3c2ccc2c3oc3ccccc32)c2cccc3c2Oc2ccccc2-c2ccccc2-3)cc1. The van der Waals surface area contributed by atoms with E-state index < -0.39 is 5.41 Å². The van der Waals surface area contributed by atoms with Crippen molar-refractivity contribution in [3.63, 3.8) is 0 Å². The van der Waals surface area contributed by atoms with E-state index in [1.807, 2.05) is 0 Å². The fraction of sp³-hybridized carbons (Fsp3) is 0.0149. The molecule has 3 aliphatic rings. The highest BCUT2D eigenvalue weighted by molar-refractivity contribution is 6.13. The number of para-hydroxylation sites is 4. The first kappa shape index (κ1) is 38.9. The van der Waals surface area contributed by atoms with Gasteiger partial charge in [-0.2, -0.15) is 0 Å². The maximum atomic E-state index is 7.31. The molecular formula is C67H41NO2. The molecule has 326 valence electrons. The van der Waals surface area contributed by atoms with Gasteiger partial charge in [0.25, 0.3) is 0 Å². The van der Waals surface area contributed by atoms with Gasteiger partial charge in [-0.3, -0.25) is 0 Å². The fourth-order valence-electron chi connectivity index (χ4n) is 12.3. The van der Waals surface area contributed by atoms with Gasteiger partial charge in [-0.25, -0.2) is 0 Å². The molecule has 0 saturated heterocycles. The molecule has 1 atom stereocenters. The third-order valence-corrected chi connectivity index (χ3v) is 15.1. The lowest BCUT2D eigenvalue weighted by Crippen LogP contribution is -2.29. The van der Waals surface area contributed by atoms with E-state index in [2.05, 4.69) is 254 Å². The molecule has 2 aliphatic carbocycles. The molecule has 70 heavy (non-hydrogen) atoms. The van der Waals surface area contributed by atoms with E-state index in [-0.39, 0.29) is 0 Å². The van der Waals surface area contributed by atoms with Crippen molar-refractivity contribution < 1.29 is 9.15 Å². The molecule has 1 aromatic heterocycles. The van der Waals surface area contributed by atoms with Crippen LogP contribution in [0.4, 0.5) is 17.1 Å². The number of nitrogens with zero attached hydrogens (tertiary/aromatic N) is 1. The number of ether oxygens (including phenoxy) is 1. The van der Waals surface area contributed by atoms with Crippen LogP contribution >= 0.6 is 0 Å². The van der Waals surface area contributed by atoms with Crippen molar-refractivity contribution in [3.8, 4) is 78.3 Å². The van der Waals surface area contributed by atoms with Crippen LogP contribution in [0, 0.1) is 0 Å². The van der Waals surface area contributed by atoms with Gasteiger partial charge in [0.2, 0.25) is 0 Å². The summed E-state index contributed by atoms with van der Waals surface area (Å²) in [4.78, 5) is 2.44. The summed E-state index contributed by atoms with van der Waals surface area (Å²) in [5.74, 6) is 1.62. The highest BCUT2D eigenvalue weighted by atomic mass is 16.5. The van der Waals surface area contributed by atoms with Crippen molar-refractivity contribution in [2.45, 2.75) is 5.41 Å². The Labute approximate surface area is 405 Å². The van der Waals surface area contributed by atoms with Crippen LogP contribution in [-0.4, -0.2) is 0 Å². The van der Waals surface area contributed by atoms with Crippen molar-refractivity contribution in [2.24, 2.45) is 0 Å². The second kappa shape index (κ2) is 14.9. The van der Waals surface area contributed by atoms with Crippen LogP contribution in [-0.2, 0) is 5.41 Å². The van der Waals surface area contributed by atoms with E-state index in [9.17, 15) is 0 Å². The maximum absolute atomic E-state index is 7.31. The van der Waals surface area contributed by atoms with Gasteiger partial charge in [0.05, 0.1) is 16.8 Å². The van der Waals surface area contributed by atoms with Gasteiger partial charge in [-0.1, -0.05) is 212 Å². The predicted molar refractivity (Wildman–Crippen MR) is 287 cm³/mol. The number of benzene rings is 11. The van der Waals surface area contributed by atoms with Gasteiger partial charge in [0.15, 0.2) is 5.75 Å². The summed E-state index contributed by atoms with van der Waals surface area (Å²) in [6.07, 6.45) is 0. The zero-order chi connectivity index (χ0) is 45.9. The Hall–Kier alpha value is -9.18. The van der Waals surface area contributed by atoms with E-state index in [1.165, 1.54) is 50.1 Å². The Bertz CT molecular complexity index is 4130. The zero-order valence-electron chi connectivity index (χ0n) is 37.9. The maximum Gasteiger partial charge on any atom is 0.159 e. The lowest BCUT2D eigenvalue weighted by molar-refractivity contribution is 0.489. The topological polar surface area (TPSA) is 25.6 Å². The molecule has 0 radical (unpaired) electrons. The van der Waals surface area contributed by atoms with Crippen LogP contribution in [0.5, 0.6) is 11.5 Å². The first-order valence-corrected chi connectivity index (χ1v) is 24.1. The van der Waals surface area contributed by atoms with Crippen LogP contribution in [0.15, 0.2) is 253 Å². The molecule has 0 saturated carbocycles. The average Bonchev–Trinajstić information content (AvgIpc) is 3.87. The summed E-state index contributed by atoms with van der Waals surface area (Å²) in [6, 6.07) is 90.6. The van der Waals surface area contributed by atoms with Gasteiger partial charge in [0.1, 0.15) is 16.9 Å². The lowest BCUT2D eigenvalue weighted by Gasteiger charge is -2.37. The van der Waals surface area contributed by atoms with Crippen molar-refractivity contribution in [1.29, 1.82) is 0 Å². The summed E-state index contributed by atoms with van der Waals surface area (Å²) >= 11 is 0. The highest BCUT2D eigenvalue weighted by Gasteiger charge is 2.51. The van der Waals surface area contributed by atoms with Crippen molar-refractivity contribution in [3.05, 3.63) is 271 Å². The van der Waals surface area contributed by atoms with Crippen molar-refractivity contribution in [1.82, 2.24) is 0 Å². The molecular weight excluding hydrogens is 851 g/mol. The third-order valence-electron chi connectivity index (χ3n) is 15.1. The number of hydrogen-bond acceptors (Lipinski definition) is 3. The molecule has 1 aliphatic heterocycles. The average molecular weight is 892 g/mol. The third kappa shape index (κ3) is 5.34. The zero-order valence-corrected chi connectivity index (χ0v) is 37.9. The van der Waals surface area contributed by atoms with E-state index >= 15 is 0 Å². The van der Waals surface area contributed by atoms with Gasteiger partial charge >= 0.3 is 0 Å². The molecule has 0 amide bonds. The molecule has 3 nitrogen and oxygen atoms in total. The first-order valence-electron chi connectivity index (χ1n) is 24.1. The second-order valence-electron chi connectivity index (χ2n) is 18.6. The largest absolute Gasteiger partial charge is 0.455 e. The van der Waals surface area contributed by atoms with E-state index in [0.29, 0.717) is 0 Å². The molecule has 2 heterocycles. The van der Waals surface area contributed by atoms with Crippen LogP contribution in [0.25, 0.3) is 88.7 Å². The quantitative estimate of drug-likeness (QED) is 0.176. The number of anilines is 3. The standard InChI is InChI=1S/C67H41NO2/c1-2-19-42(20-3-1)44-21-10-15-33-60(44)68(61-34-18-30-53-48-25-7-6-24-47(48)51-27-11-16-35-62(51)69-65(53)61)43-37-38-50-46-23-5-4-22-45(46)49-26-8-13-31-56(49)67(59(50)41-43)57-32-14-9-29-55(57)64-58(67)40-39-54-52-28-12-17-36-63(52)70-66(54)64/h1-41H.